The highest BCUT2D eigenvalue weighted by Gasteiger charge is 2.44. The normalized spacial score (nSPS) is 21.3. The summed E-state index contributed by atoms with van der Waals surface area (Å²) in [6.07, 6.45) is 4.87. The van der Waals surface area contributed by atoms with Crippen LogP contribution in [0.15, 0.2) is 30.3 Å². The van der Waals surface area contributed by atoms with Crippen LogP contribution >= 0.6 is 0 Å². The van der Waals surface area contributed by atoms with Gasteiger partial charge in [0.2, 0.25) is 5.91 Å². The first-order valence-electron chi connectivity index (χ1n) is 7.33. The summed E-state index contributed by atoms with van der Waals surface area (Å²) in [7, 11) is 0. The first-order chi connectivity index (χ1) is 9.28. The van der Waals surface area contributed by atoms with E-state index in [0.717, 1.165) is 19.6 Å². The molecule has 1 aliphatic heterocycles. The molecule has 1 aromatic carbocycles. The van der Waals surface area contributed by atoms with Crippen molar-refractivity contribution in [3.8, 4) is 0 Å². The Morgan fingerprint density at radius 3 is 2.47 bits per heavy atom. The highest BCUT2D eigenvalue weighted by Crippen LogP contribution is 2.47. The van der Waals surface area contributed by atoms with E-state index in [2.05, 4.69) is 34.5 Å². The van der Waals surface area contributed by atoms with Crippen LogP contribution in [-0.2, 0) is 10.2 Å². The number of likely N-dealkylation sites (tertiary alicyclic amines) is 1. The lowest BCUT2D eigenvalue weighted by atomic mass is 9.96. The van der Waals surface area contributed by atoms with Gasteiger partial charge in [-0.25, -0.2) is 0 Å². The fraction of sp³-hybridized carbons (Fsp3) is 0.562. The third kappa shape index (κ3) is 2.98. The molecule has 3 nitrogen and oxygen atoms in total. The third-order valence-corrected chi connectivity index (χ3v) is 4.43. The molecule has 3 heteroatoms. The largest absolute Gasteiger partial charge is 0.354 e. The highest BCUT2D eigenvalue weighted by atomic mass is 16.2. The van der Waals surface area contributed by atoms with Crippen LogP contribution in [0.5, 0.6) is 0 Å². The zero-order valence-corrected chi connectivity index (χ0v) is 11.4. The van der Waals surface area contributed by atoms with Gasteiger partial charge in [-0.2, -0.15) is 0 Å². The molecule has 2 aliphatic rings. The molecule has 1 N–H and O–H groups in total. The van der Waals surface area contributed by atoms with Gasteiger partial charge in [-0.3, -0.25) is 9.69 Å². The van der Waals surface area contributed by atoms with E-state index in [-0.39, 0.29) is 11.3 Å². The molecule has 0 atom stereocenters. The molecule has 1 amide bonds. The highest BCUT2D eigenvalue weighted by molar-refractivity contribution is 5.78. The van der Waals surface area contributed by atoms with Gasteiger partial charge in [0.1, 0.15) is 0 Å². The number of amides is 1. The average molecular weight is 258 g/mol. The van der Waals surface area contributed by atoms with Crippen LogP contribution in [0.3, 0.4) is 0 Å². The predicted molar refractivity (Wildman–Crippen MR) is 76.0 cm³/mol. The first-order valence-corrected chi connectivity index (χ1v) is 7.33. The number of nitrogens with zero attached hydrogens (tertiary/aromatic N) is 1. The van der Waals surface area contributed by atoms with Gasteiger partial charge in [0.05, 0.1) is 6.54 Å². The molecule has 3 rings (SSSR count). The smallest absolute Gasteiger partial charge is 0.234 e. The van der Waals surface area contributed by atoms with Crippen LogP contribution in [0.25, 0.3) is 0 Å². The molecule has 1 heterocycles. The summed E-state index contributed by atoms with van der Waals surface area (Å²) in [5.74, 6) is 0.184. The molecular formula is C16H22N2O. The number of hydrogen-bond acceptors (Lipinski definition) is 2. The van der Waals surface area contributed by atoms with Crippen LogP contribution in [-0.4, -0.2) is 37.0 Å². The second-order valence-corrected chi connectivity index (χ2v) is 5.91. The van der Waals surface area contributed by atoms with Gasteiger partial charge >= 0.3 is 0 Å². The lowest BCUT2D eigenvalue weighted by molar-refractivity contribution is -0.122. The fourth-order valence-electron chi connectivity index (χ4n) is 2.98. The number of benzene rings is 1. The summed E-state index contributed by atoms with van der Waals surface area (Å²) >= 11 is 0. The summed E-state index contributed by atoms with van der Waals surface area (Å²) in [6.45, 7) is 3.53. The van der Waals surface area contributed by atoms with E-state index in [9.17, 15) is 4.79 Å². The van der Waals surface area contributed by atoms with E-state index < -0.39 is 0 Å². The maximum atomic E-state index is 12.0. The Morgan fingerprint density at radius 2 is 1.84 bits per heavy atom. The average Bonchev–Trinajstić information content (AvgIpc) is 3.08. The Labute approximate surface area is 115 Å². The van der Waals surface area contributed by atoms with Gasteiger partial charge in [-0.1, -0.05) is 30.3 Å². The van der Waals surface area contributed by atoms with Crippen molar-refractivity contribution in [2.45, 2.75) is 31.1 Å². The van der Waals surface area contributed by atoms with Gasteiger partial charge in [-0.15, -0.1) is 0 Å². The molecular weight excluding hydrogens is 236 g/mol. The second kappa shape index (κ2) is 5.33. The Balaban J connectivity index is 1.50. The Morgan fingerprint density at radius 1 is 1.16 bits per heavy atom. The van der Waals surface area contributed by atoms with Crippen LogP contribution in [0.2, 0.25) is 0 Å². The summed E-state index contributed by atoms with van der Waals surface area (Å²) in [6, 6.07) is 10.6. The van der Waals surface area contributed by atoms with Crippen molar-refractivity contribution >= 4 is 5.91 Å². The Hall–Kier alpha value is -1.35. The van der Waals surface area contributed by atoms with Crippen LogP contribution < -0.4 is 5.32 Å². The van der Waals surface area contributed by atoms with Crippen molar-refractivity contribution in [2.24, 2.45) is 0 Å². The Kier molecular flexibility index (Phi) is 3.56. The molecule has 0 bridgehead atoms. The van der Waals surface area contributed by atoms with Crippen LogP contribution in [0.4, 0.5) is 0 Å². The summed E-state index contributed by atoms with van der Waals surface area (Å²) < 4.78 is 0. The minimum Gasteiger partial charge on any atom is -0.354 e. The minimum absolute atomic E-state index is 0.184. The van der Waals surface area contributed by atoms with E-state index in [1.54, 1.807) is 0 Å². The maximum Gasteiger partial charge on any atom is 0.234 e. The van der Waals surface area contributed by atoms with Crippen molar-refractivity contribution in [2.75, 3.05) is 26.2 Å². The molecule has 0 unspecified atom stereocenters. The fourth-order valence-corrected chi connectivity index (χ4v) is 2.98. The number of hydrogen-bond donors (Lipinski definition) is 1. The molecule has 102 valence electrons. The zero-order valence-electron chi connectivity index (χ0n) is 11.4. The number of carbonyl (C=O) groups excluding carboxylic acids is 1. The minimum atomic E-state index is 0.184. The van der Waals surface area contributed by atoms with Crippen molar-refractivity contribution < 1.29 is 4.79 Å². The van der Waals surface area contributed by atoms with Gasteiger partial charge in [0.15, 0.2) is 0 Å². The number of nitrogens with one attached hydrogen (secondary N) is 1. The molecule has 1 saturated heterocycles. The lowest BCUT2D eigenvalue weighted by Crippen LogP contribution is -2.39. The molecule has 19 heavy (non-hydrogen) atoms. The van der Waals surface area contributed by atoms with Crippen molar-refractivity contribution in [1.29, 1.82) is 0 Å². The first kappa shape index (κ1) is 12.7. The van der Waals surface area contributed by atoms with E-state index in [1.807, 2.05) is 6.07 Å². The van der Waals surface area contributed by atoms with Gasteiger partial charge in [0.25, 0.3) is 0 Å². The standard InChI is InChI=1S/C16H22N2O/c19-15(12-18-10-4-5-11-18)17-13-16(8-9-16)14-6-2-1-3-7-14/h1-3,6-7H,4-5,8-13H2,(H,17,19). The van der Waals surface area contributed by atoms with Crippen LogP contribution in [0, 0.1) is 0 Å². The second-order valence-electron chi connectivity index (χ2n) is 5.91. The molecule has 0 radical (unpaired) electrons. The van der Waals surface area contributed by atoms with E-state index in [1.165, 1.54) is 31.2 Å². The number of rotatable bonds is 5. The van der Waals surface area contributed by atoms with E-state index >= 15 is 0 Å². The molecule has 0 aromatic heterocycles. The summed E-state index contributed by atoms with van der Waals surface area (Å²) in [5.41, 5.74) is 1.60. The summed E-state index contributed by atoms with van der Waals surface area (Å²) in [5, 5.41) is 3.13. The quantitative estimate of drug-likeness (QED) is 0.875. The maximum absolute atomic E-state index is 12.0. The Bertz CT molecular complexity index is 433. The summed E-state index contributed by atoms with van der Waals surface area (Å²) in [4.78, 5) is 14.2. The lowest BCUT2D eigenvalue weighted by Gasteiger charge is -2.18. The van der Waals surface area contributed by atoms with Crippen molar-refractivity contribution in [3.63, 3.8) is 0 Å². The van der Waals surface area contributed by atoms with Gasteiger partial charge in [0, 0.05) is 12.0 Å². The van der Waals surface area contributed by atoms with E-state index in [0.29, 0.717) is 6.54 Å². The molecule has 2 fully saturated rings. The molecule has 1 aromatic rings. The molecule has 1 aliphatic carbocycles. The van der Waals surface area contributed by atoms with E-state index in [4.69, 9.17) is 0 Å². The van der Waals surface area contributed by atoms with Crippen molar-refractivity contribution in [3.05, 3.63) is 35.9 Å². The third-order valence-electron chi connectivity index (χ3n) is 4.43. The topological polar surface area (TPSA) is 32.3 Å². The zero-order chi connectivity index (χ0) is 13.1. The predicted octanol–water partition coefficient (Wildman–Crippen LogP) is 1.93. The molecule has 1 saturated carbocycles. The van der Waals surface area contributed by atoms with Crippen molar-refractivity contribution in [1.82, 2.24) is 10.2 Å². The monoisotopic (exact) mass is 258 g/mol. The van der Waals surface area contributed by atoms with Gasteiger partial charge in [-0.05, 0) is 44.3 Å². The van der Waals surface area contributed by atoms with Crippen LogP contribution in [0.1, 0.15) is 31.2 Å². The SMILES string of the molecule is O=C(CN1CCCC1)NCC1(c2ccccc2)CC1. The van der Waals surface area contributed by atoms with Gasteiger partial charge < -0.3 is 5.32 Å². The molecule has 0 spiro atoms. The number of carbonyl (C=O) groups is 1.